The molecular formula is C17H16N4O. The molecule has 1 N–H and O–H groups in total. The predicted molar refractivity (Wildman–Crippen MR) is 86.0 cm³/mol. The molecule has 0 fully saturated rings. The lowest BCUT2D eigenvalue weighted by Crippen LogP contribution is -2.21. The van der Waals surface area contributed by atoms with E-state index in [9.17, 15) is 4.79 Å². The SMILES string of the molecule is CC(=NNC(=O)c1c(C)nc2ccccn12)c1ccccc1. The van der Waals surface area contributed by atoms with Gasteiger partial charge in [0, 0.05) is 6.20 Å². The Morgan fingerprint density at radius 2 is 1.86 bits per heavy atom. The first-order chi connectivity index (χ1) is 10.7. The van der Waals surface area contributed by atoms with Gasteiger partial charge in [-0.2, -0.15) is 5.10 Å². The summed E-state index contributed by atoms with van der Waals surface area (Å²) in [6, 6.07) is 15.3. The van der Waals surface area contributed by atoms with E-state index >= 15 is 0 Å². The summed E-state index contributed by atoms with van der Waals surface area (Å²) < 4.78 is 1.76. The zero-order chi connectivity index (χ0) is 15.5. The number of aromatic nitrogens is 2. The number of aryl methyl sites for hydroxylation is 1. The van der Waals surface area contributed by atoms with Gasteiger partial charge in [0.1, 0.15) is 11.3 Å². The number of carbonyl (C=O) groups excluding carboxylic acids is 1. The molecule has 2 aromatic heterocycles. The van der Waals surface area contributed by atoms with E-state index in [4.69, 9.17) is 0 Å². The number of pyridine rings is 1. The Morgan fingerprint density at radius 3 is 2.64 bits per heavy atom. The van der Waals surface area contributed by atoms with E-state index in [1.807, 2.05) is 68.6 Å². The van der Waals surface area contributed by atoms with Crippen LogP contribution in [0, 0.1) is 6.92 Å². The van der Waals surface area contributed by atoms with Crippen molar-refractivity contribution in [1.29, 1.82) is 0 Å². The van der Waals surface area contributed by atoms with Gasteiger partial charge >= 0.3 is 0 Å². The molecule has 0 saturated heterocycles. The molecule has 0 unspecified atom stereocenters. The number of imidazole rings is 1. The van der Waals surface area contributed by atoms with Gasteiger partial charge in [-0.1, -0.05) is 36.4 Å². The molecule has 0 atom stereocenters. The third-order valence-electron chi connectivity index (χ3n) is 3.44. The normalized spacial score (nSPS) is 11.6. The van der Waals surface area contributed by atoms with Gasteiger partial charge in [-0.3, -0.25) is 9.20 Å². The highest BCUT2D eigenvalue weighted by atomic mass is 16.2. The van der Waals surface area contributed by atoms with Crippen LogP contribution in [0.2, 0.25) is 0 Å². The molecule has 0 saturated carbocycles. The second-order valence-electron chi connectivity index (χ2n) is 4.98. The van der Waals surface area contributed by atoms with Gasteiger partial charge in [-0.05, 0) is 31.5 Å². The second kappa shape index (κ2) is 5.81. The maximum Gasteiger partial charge on any atom is 0.290 e. The third-order valence-corrected chi connectivity index (χ3v) is 3.44. The molecule has 0 radical (unpaired) electrons. The van der Waals surface area contributed by atoms with Crippen LogP contribution in [0.3, 0.4) is 0 Å². The molecule has 5 heteroatoms. The van der Waals surface area contributed by atoms with Crippen molar-refractivity contribution in [2.75, 3.05) is 0 Å². The van der Waals surface area contributed by atoms with Crippen molar-refractivity contribution in [1.82, 2.24) is 14.8 Å². The molecule has 3 aromatic rings. The number of nitrogens with zero attached hydrogens (tertiary/aromatic N) is 3. The van der Waals surface area contributed by atoms with Crippen LogP contribution in [0.5, 0.6) is 0 Å². The topological polar surface area (TPSA) is 58.8 Å². The molecule has 1 aromatic carbocycles. The van der Waals surface area contributed by atoms with Gasteiger partial charge in [0.05, 0.1) is 11.4 Å². The van der Waals surface area contributed by atoms with Crippen LogP contribution >= 0.6 is 0 Å². The van der Waals surface area contributed by atoms with Gasteiger partial charge in [0.15, 0.2) is 0 Å². The Labute approximate surface area is 128 Å². The van der Waals surface area contributed by atoms with Gasteiger partial charge in [0.2, 0.25) is 0 Å². The standard InChI is InChI=1S/C17H16N4O/c1-12(14-8-4-3-5-9-14)19-20-17(22)16-13(2)18-15-10-6-7-11-21(15)16/h3-11H,1-2H3,(H,20,22). The number of benzene rings is 1. The van der Waals surface area contributed by atoms with E-state index in [0.717, 1.165) is 16.9 Å². The molecular weight excluding hydrogens is 276 g/mol. The summed E-state index contributed by atoms with van der Waals surface area (Å²) in [6.45, 7) is 3.67. The number of amides is 1. The molecule has 0 bridgehead atoms. The smallest absolute Gasteiger partial charge is 0.290 e. The van der Waals surface area contributed by atoms with Crippen molar-refractivity contribution >= 4 is 17.3 Å². The highest BCUT2D eigenvalue weighted by Gasteiger charge is 2.15. The molecule has 0 spiro atoms. The third kappa shape index (κ3) is 2.61. The number of fused-ring (bicyclic) bond motifs is 1. The summed E-state index contributed by atoms with van der Waals surface area (Å²) in [5.41, 5.74) is 6.25. The predicted octanol–water partition coefficient (Wildman–Crippen LogP) is 2.80. The minimum Gasteiger partial charge on any atom is -0.295 e. The maximum absolute atomic E-state index is 12.4. The number of carbonyl (C=O) groups is 1. The molecule has 3 rings (SSSR count). The summed E-state index contributed by atoms with van der Waals surface area (Å²) in [7, 11) is 0. The zero-order valence-electron chi connectivity index (χ0n) is 12.4. The number of hydrogen-bond acceptors (Lipinski definition) is 3. The molecule has 0 aliphatic carbocycles. The highest BCUT2D eigenvalue weighted by molar-refractivity contribution is 6.00. The number of rotatable bonds is 3. The average molecular weight is 292 g/mol. The van der Waals surface area contributed by atoms with E-state index in [1.165, 1.54) is 0 Å². The molecule has 0 aliphatic rings. The Bertz CT molecular complexity index is 849. The first-order valence-electron chi connectivity index (χ1n) is 7.00. The average Bonchev–Trinajstić information content (AvgIpc) is 2.89. The summed E-state index contributed by atoms with van der Waals surface area (Å²) in [5, 5.41) is 4.17. The Balaban J connectivity index is 1.87. The van der Waals surface area contributed by atoms with Crippen molar-refractivity contribution in [2.24, 2.45) is 5.10 Å². The Hall–Kier alpha value is -2.95. The van der Waals surface area contributed by atoms with E-state index < -0.39 is 0 Å². The van der Waals surface area contributed by atoms with Crippen LogP contribution in [-0.2, 0) is 0 Å². The fraction of sp³-hybridized carbons (Fsp3) is 0.118. The van der Waals surface area contributed by atoms with Gasteiger partial charge in [-0.25, -0.2) is 10.4 Å². The van der Waals surface area contributed by atoms with E-state index in [2.05, 4.69) is 15.5 Å². The lowest BCUT2D eigenvalue weighted by molar-refractivity contribution is 0.0948. The lowest BCUT2D eigenvalue weighted by atomic mass is 10.1. The van der Waals surface area contributed by atoms with Crippen LogP contribution in [-0.4, -0.2) is 21.0 Å². The molecule has 1 amide bonds. The van der Waals surface area contributed by atoms with Gasteiger partial charge in [-0.15, -0.1) is 0 Å². The van der Waals surface area contributed by atoms with E-state index in [0.29, 0.717) is 11.4 Å². The minimum atomic E-state index is -0.272. The molecule has 5 nitrogen and oxygen atoms in total. The van der Waals surface area contributed by atoms with E-state index in [-0.39, 0.29) is 5.91 Å². The zero-order valence-corrected chi connectivity index (χ0v) is 12.4. The van der Waals surface area contributed by atoms with Crippen molar-refractivity contribution in [3.05, 3.63) is 71.7 Å². The Kier molecular flexibility index (Phi) is 3.70. The van der Waals surface area contributed by atoms with Gasteiger partial charge < -0.3 is 0 Å². The highest BCUT2D eigenvalue weighted by Crippen LogP contribution is 2.11. The summed E-state index contributed by atoms with van der Waals surface area (Å²) >= 11 is 0. The quantitative estimate of drug-likeness (QED) is 0.596. The molecule has 0 aliphatic heterocycles. The van der Waals surface area contributed by atoms with Crippen LogP contribution in [0.25, 0.3) is 5.65 Å². The molecule has 110 valence electrons. The van der Waals surface area contributed by atoms with Crippen molar-refractivity contribution in [3.63, 3.8) is 0 Å². The van der Waals surface area contributed by atoms with Crippen LogP contribution in [0.15, 0.2) is 59.8 Å². The summed E-state index contributed by atoms with van der Waals surface area (Å²) in [4.78, 5) is 16.8. The number of hydrazone groups is 1. The number of nitrogens with one attached hydrogen (secondary N) is 1. The first kappa shape index (κ1) is 14.0. The largest absolute Gasteiger partial charge is 0.295 e. The van der Waals surface area contributed by atoms with Crippen molar-refractivity contribution in [2.45, 2.75) is 13.8 Å². The first-order valence-corrected chi connectivity index (χ1v) is 7.00. The number of hydrogen-bond donors (Lipinski definition) is 1. The van der Waals surface area contributed by atoms with Crippen LogP contribution in [0.4, 0.5) is 0 Å². The van der Waals surface area contributed by atoms with Crippen LogP contribution < -0.4 is 5.43 Å². The summed E-state index contributed by atoms with van der Waals surface area (Å²) in [5.74, 6) is -0.272. The monoisotopic (exact) mass is 292 g/mol. The molecule has 22 heavy (non-hydrogen) atoms. The van der Waals surface area contributed by atoms with Crippen molar-refractivity contribution < 1.29 is 4.79 Å². The summed E-state index contributed by atoms with van der Waals surface area (Å²) in [6.07, 6.45) is 1.82. The van der Waals surface area contributed by atoms with E-state index in [1.54, 1.807) is 4.40 Å². The minimum absolute atomic E-state index is 0.272. The second-order valence-corrected chi connectivity index (χ2v) is 4.98. The van der Waals surface area contributed by atoms with Gasteiger partial charge in [0.25, 0.3) is 5.91 Å². The van der Waals surface area contributed by atoms with Crippen LogP contribution in [0.1, 0.15) is 28.7 Å². The maximum atomic E-state index is 12.4. The fourth-order valence-electron chi connectivity index (χ4n) is 2.32. The fourth-order valence-corrected chi connectivity index (χ4v) is 2.32. The molecule has 2 heterocycles. The van der Waals surface area contributed by atoms with Crippen molar-refractivity contribution in [3.8, 4) is 0 Å². The lowest BCUT2D eigenvalue weighted by Gasteiger charge is -2.04. The Morgan fingerprint density at radius 1 is 1.14 bits per heavy atom.